The van der Waals surface area contributed by atoms with Crippen LogP contribution in [0.3, 0.4) is 0 Å². The van der Waals surface area contributed by atoms with Gasteiger partial charge in [-0.3, -0.25) is 4.79 Å². The molecule has 3 N–H and O–H groups in total. The van der Waals surface area contributed by atoms with Crippen LogP contribution in [-0.4, -0.2) is 29.5 Å². The van der Waals surface area contributed by atoms with Crippen molar-refractivity contribution in [2.24, 2.45) is 11.7 Å². The zero-order valence-corrected chi connectivity index (χ0v) is 9.12. The van der Waals surface area contributed by atoms with Crippen LogP contribution in [-0.2, 0) is 4.79 Å². The molecule has 1 unspecified atom stereocenters. The Balaban J connectivity index is 2.52. The molecule has 0 aromatic heterocycles. The zero-order valence-electron chi connectivity index (χ0n) is 8.30. The lowest BCUT2D eigenvalue weighted by Crippen LogP contribution is -2.56. The first-order chi connectivity index (χ1) is 6.07. The van der Waals surface area contributed by atoms with Crippen LogP contribution in [0.4, 0.5) is 0 Å². The van der Waals surface area contributed by atoms with Gasteiger partial charge >= 0.3 is 0 Å². The Bertz CT molecular complexity index is 188. The monoisotopic (exact) mass is 202 g/mol. The van der Waals surface area contributed by atoms with Crippen molar-refractivity contribution in [3.8, 4) is 0 Å². The predicted molar refractivity (Wildman–Crippen MR) is 56.7 cm³/mol. The van der Waals surface area contributed by atoms with Crippen LogP contribution in [0.5, 0.6) is 0 Å². The molecular formula is C9H18N2OS. The van der Waals surface area contributed by atoms with E-state index in [2.05, 4.69) is 19.2 Å². The molecule has 0 saturated carbocycles. The maximum absolute atomic E-state index is 11.3. The number of carbonyl (C=O) groups excluding carboxylic acids is 1. The number of thioether (sulfide) groups is 1. The minimum atomic E-state index is -0.422. The minimum Gasteiger partial charge on any atom is -0.368 e. The third-order valence-electron chi connectivity index (χ3n) is 2.34. The second-order valence-electron chi connectivity index (χ2n) is 4.02. The highest BCUT2D eigenvalue weighted by Gasteiger charge is 2.39. The van der Waals surface area contributed by atoms with Crippen molar-refractivity contribution < 1.29 is 4.79 Å². The molecule has 0 bridgehead atoms. The predicted octanol–water partition coefficient (Wildman–Crippen LogP) is 0.593. The summed E-state index contributed by atoms with van der Waals surface area (Å²) in [6, 6.07) is 0. The molecule has 0 aromatic rings. The summed E-state index contributed by atoms with van der Waals surface area (Å²) < 4.78 is 0. The summed E-state index contributed by atoms with van der Waals surface area (Å²) in [6.45, 7) is 5.12. The SMILES string of the molecule is CC(C)CNC1(C(N)=O)CCSC1. The van der Waals surface area contributed by atoms with Crippen LogP contribution in [0, 0.1) is 5.92 Å². The Morgan fingerprint density at radius 3 is 2.77 bits per heavy atom. The van der Waals surface area contributed by atoms with E-state index in [0.717, 1.165) is 24.5 Å². The molecule has 0 aliphatic carbocycles. The maximum atomic E-state index is 11.3. The molecule has 0 spiro atoms. The molecule has 13 heavy (non-hydrogen) atoms. The average Bonchev–Trinajstić information content (AvgIpc) is 2.50. The van der Waals surface area contributed by atoms with E-state index in [1.807, 2.05) is 0 Å². The molecule has 1 amide bonds. The first-order valence-electron chi connectivity index (χ1n) is 4.69. The average molecular weight is 202 g/mol. The lowest BCUT2D eigenvalue weighted by atomic mass is 9.97. The van der Waals surface area contributed by atoms with Gasteiger partial charge in [-0.1, -0.05) is 13.8 Å². The number of hydrogen-bond acceptors (Lipinski definition) is 3. The van der Waals surface area contributed by atoms with Gasteiger partial charge in [0.05, 0.1) is 0 Å². The van der Waals surface area contributed by atoms with Gasteiger partial charge in [-0.2, -0.15) is 11.8 Å². The van der Waals surface area contributed by atoms with E-state index in [1.165, 1.54) is 0 Å². The first kappa shape index (κ1) is 10.9. The van der Waals surface area contributed by atoms with E-state index in [9.17, 15) is 4.79 Å². The Morgan fingerprint density at radius 2 is 2.38 bits per heavy atom. The standard InChI is InChI=1S/C9H18N2OS/c1-7(2)5-11-9(8(10)12)3-4-13-6-9/h7,11H,3-6H2,1-2H3,(H2,10,12). The van der Waals surface area contributed by atoms with Gasteiger partial charge < -0.3 is 11.1 Å². The fourth-order valence-corrected chi connectivity index (χ4v) is 2.76. The molecule has 1 fully saturated rings. The molecule has 3 nitrogen and oxygen atoms in total. The number of nitrogens with two attached hydrogens (primary N) is 1. The second kappa shape index (κ2) is 4.33. The molecule has 1 saturated heterocycles. The Labute approximate surface area is 83.8 Å². The summed E-state index contributed by atoms with van der Waals surface area (Å²) in [5, 5.41) is 3.30. The lowest BCUT2D eigenvalue weighted by molar-refractivity contribution is -0.123. The highest BCUT2D eigenvalue weighted by molar-refractivity contribution is 7.99. The summed E-state index contributed by atoms with van der Waals surface area (Å²) in [5.74, 6) is 2.23. The van der Waals surface area contributed by atoms with Gasteiger partial charge in [-0.15, -0.1) is 0 Å². The topological polar surface area (TPSA) is 55.1 Å². The number of amides is 1. The van der Waals surface area contributed by atoms with Crippen LogP contribution in [0.2, 0.25) is 0 Å². The van der Waals surface area contributed by atoms with Crippen LogP contribution < -0.4 is 11.1 Å². The Morgan fingerprint density at radius 1 is 1.69 bits per heavy atom. The molecule has 76 valence electrons. The summed E-state index contributed by atoms with van der Waals surface area (Å²) in [4.78, 5) is 11.3. The van der Waals surface area contributed by atoms with E-state index < -0.39 is 5.54 Å². The van der Waals surface area contributed by atoms with Gasteiger partial charge in [0.25, 0.3) is 0 Å². The van der Waals surface area contributed by atoms with Crippen molar-refractivity contribution in [2.75, 3.05) is 18.1 Å². The number of rotatable bonds is 4. The quantitative estimate of drug-likeness (QED) is 0.701. The van der Waals surface area contributed by atoms with Gasteiger partial charge in [0.15, 0.2) is 0 Å². The zero-order chi connectivity index (χ0) is 9.90. The molecule has 1 heterocycles. The van der Waals surface area contributed by atoms with Gasteiger partial charge in [0.1, 0.15) is 5.54 Å². The largest absolute Gasteiger partial charge is 0.368 e. The van der Waals surface area contributed by atoms with Crippen LogP contribution in [0.15, 0.2) is 0 Å². The smallest absolute Gasteiger partial charge is 0.238 e. The third kappa shape index (κ3) is 2.61. The summed E-state index contributed by atoms with van der Waals surface area (Å²) in [5.41, 5.74) is 4.98. The van der Waals surface area contributed by atoms with E-state index >= 15 is 0 Å². The van der Waals surface area contributed by atoms with Crippen molar-refractivity contribution in [3.05, 3.63) is 0 Å². The van der Waals surface area contributed by atoms with Crippen molar-refractivity contribution in [3.63, 3.8) is 0 Å². The molecule has 1 rings (SSSR count). The minimum absolute atomic E-state index is 0.196. The van der Waals surface area contributed by atoms with Gasteiger partial charge in [0, 0.05) is 5.75 Å². The molecule has 4 heteroatoms. The van der Waals surface area contributed by atoms with Gasteiger partial charge in [-0.05, 0) is 24.6 Å². The number of carbonyl (C=O) groups is 1. The van der Waals surface area contributed by atoms with Gasteiger partial charge in [0.2, 0.25) is 5.91 Å². The highest BCUT2D eigenvalue weighted by atomic mass is 32.2. The number of hydrogen-bond donors (Lipinski definition) is 2. The van der Waals surface area contributed by atoms with Crippen molar-refractivity contribution >= 4 is 17.7 Å². The number of nitrogens with one attached hydrogen (secondary N) is 1. The molecule has 1 aliphatic heterocycles. The van der Waals surface area contributed by atoms with Crippen molar-refractivity contribution in [1.82, 2.24) is 5.32 Å². The molecular weight excluding hydrogens is 184 g/mol. The number of primary amides is 1. The Hall–Kier alpha value is -0.220. The van der Waals surface area contributed by atoms with E-state index in [0.29, 0.717) is 5.92 Å². The van der Waals surface area contributed by atoms with Crippen LogP contribution in [0.25, 0.3) is 0 Å². The maximum Gasteiger partial charge on any atom is 0.238 e. The fraction of sp³-hybridized carbons (Fsp3) is 0.889. The van der Waals surface area contributed by atoms with Crippen molar-refractivity contribution in [1.29, 1.82) is 0 Å². The molecule has 1 atom stereocenters. The lowest BCUT2D eigenvalue weighted by Gasteiger charge is -2.26. The summed E-state index contributed by atoms with van der Waals surface area (Å²) >= 11 is 1.80. The molecule has 0 aromatic carbocycles. The summed E-state index contributed by atoms with van der Waals surface area (Å²) in [6.07, 6.45) is 0.875. The normalized spacial score (nSPS) is 28.2. The molecule has 0 radical (unpaired) electrons. The Kier molecular flexibility index (Phi) is 3.62. The van der Waals surface area contributed by atoms with E-state index in [4.69, 9.17) is 5.73 Å². The van der Waals surface area contributed by atoms with Crippen LogP contribution in [0.1, 0.15) is 20.3 Å². The fourth-order valence-electron chi connectivity index (χ4n) is 1.39. The summed E-state index contributed by atoms with van der Waals surface area (Å²) in [7, 11) is 0. The third-order valence-corrected chi connectivity index (χ3v) is 3.53. The first-order valence-corrected chi connectivity index (χ1v) is 5.85. The van der Waals surface area contributed by atoms with E-state index in [-0.39, 0.29) is 5.91 Å². The second-order valence-corrected chi connectivity index (χ2v) is 5.13. The highest BCUT2D eigenvalue weighted by Crippen LogP contribution is 2.27. The molecule has 1 aliphatic rings. The van der Waals surface area contributed by atoms with Crippen LogP contribution >= 0.6 is 11.8 Å². The van der Waals surface area contributed by atoms with Gasteiger partial charge in [-0.25, -0.2) is 0 Å². The van der Waals surface area contributed by atoms with Crippen molar-refractivity contribution in [2.45, 2.75) is 25.8 Å². The van der Waals surface area contributed by atoms with E-state index in [1.54, 1.807) is 11.8 Å².